The van der Waals surface area contributed by atoms with Crippen molar-refractivity contribution in [2.45, 2.75) is 52.6 Å². The van der Waals surface area contributed by atoms with E-state index in [9.17, 15) is 4.79 Å². The van der Waals surface area contributed by atoms with Crippen molar-refractivity contribution in [3.05, 3.63) is 30.1 Å². The van der Waals surface area contributed by atoms with Crippen LogP contribution >= 0.6 is 24.8 Å². The molecule has 1 aliphatic rings. The summed E-state index contributed by atoms with van der Waals surface area (Å²) >= 11 is 0. The van der Waals surface area contributed by atoms with Crippen LogP contribution in [0.5, 0.6) is 0 Å². The van der Waals surface area contributed by atoms with E-state index in [1.165, 1.54) is 12.8 Å². The number of hydrogen-bond donors (Lipinski definition) is 2. The molecule has 27 heavy (non-hydrogen) atoms. The summed E-state index contributed by atoms with van der Waals surface area (Å²) in [5.74, 6) is 2.07. The van der Waals surface area contributed by atoms with Crippen LogP contribution in [0.15, 0.2) is 24.3 Å². The lowest BCUT2D eigenvalue weighted by Crippen LogP contribution is -2.36. The number of aryl methyl sites for hydroxylation is 1. The standard InChI is InChI=1S/C20H30N4O.2ClH/c1-4-24-18-10-6-5-9-17(18)23-20(24)15(3)22-19(25)12-14(2)16-8-7-11-21-13-16;;/h5-6,9-10,14-16,21H,4,7-8,11-13H2,1-3H3,(H,22,25);2*1H. The Morgan fingerprint density at radius 2 is 2.07 bits per heavy atom. The molecule has 0 spiro atoms. The van der Waals surface area contributed by atoms with Crippen molar-refractivity contribution in [2.75, 3.05) is 13.1 Å². The van der Waals surface area contributed by atoms with Crippen molar-refractivity contribution < 1.29 is 4.79 Å². The normalized spacial score (nSPS) is 18.9. The molecule has 1 aromatic carbocycles. The van der Waals surface area contributed by atoms with Gasteiger partial charge in [0.1, 0.15) is 5.82 Å². The highest BCUT2D eigenvalue weighted by Gasteiger charge is 2.23. The number of hydrogen-bond acceptors (Lipinski definition) is 3. The molecule has 1 aliphatic heterocycles. The van der Waals surface area contributed by atoms with E-state index in [1.54, 1.807) is 0 Å². The van der Waals surface area contributed by atoms with Crippen LogP contribution in [-0.2, 0) is 11.3 Å². The third-order valence-corrected chi connectivity index (χ3v) is 5.41. The molecule has 0 bridgehead atoms. The zero-order valence-electron chi connectivity index (χ0n) is 16.4. The first-order valence-electron chi connectivity index (χ1n) is 9.55. The van der Waals surface area contributed by atoms with Gasteiger partial charge in [-0.1, -0.05) is 19.1 Å². The second kappa shape index (κ2) is 10.9. The van der Waals surface area contributed by atoms with Crippen molar-refractivity contribution in [2.24, 2.45) is 11.8 Å². The van der Waals surface area contributed by atoms with Gasteiger partial charge < -0.3 is 15.2 Å². The number of carbonyl (C=O) groups excluding carboxylic acids is 1. The molecule has 3 unspecified atom stereocenters. The predicted molar refractivity (Wildman–Crippen MR) is 116 cm³/mol. The fourth-order valence-corrected chi connectivity index (χ4v) is 3.95. The molecule has 3 atom stereocenters. The summed E-state index contributed by atoms with van der Waals surface area (Å²) < 4.78 is 2.19. The molecule has 0 radical (unpaired) electrons. The third kappa shape index (κ3) is 5.59. The first-order chi connectivity index (χ1) is 12.1. The molecule has 2 heterocycles. The van der Waals surface area contributed by atoms with Gasteiger partial charge in [-0.15, -0.1) is 24.8 Å². The molecule has 7 heteroatoms. The van der Waals surface area contributed by atoms with E-state index in [0.29, 0.717) is 18.3 Å². The number of nitrogens with one attached hydrogen (secondary N) is 2. The lowest BCUT2D eigenvalue weighted by molar-refractivity contribution is -0.123. The number of rotatable bonds is 6. The lowest BCUT2D eigenvalue weighted by Gasteiger charge is -2.28. The van der Waals surface area contributed by atoms with Crippen LogP contribution in [-0.4, -0.2) is 28.5 Å². The second-order valence-corrected chi connectivity index (χ2v) is 7.28. The van der Waals surface area contributed by atoms with Crippen LogP contribution in [0.3, 0.4) is 0 Å². The van der Waals surface area contributed by atoms with Gasteiger partial charge in [0, 0.05) is 13.0 Å². The quantitative estimate of drug-likeness (QED) is 0.747. The van der Waals surface area contributed by atoms with Gasteiger partial charge in [-0.25, -0.2) is 4.98 Å². The van der Waals surface area contributed by atoms with E-state index in [1.807, 2.05) is 25.1 Å². The number of amides is 1. The Kier molecular flexibility index (Phi) is 9.57. The summed E-state index contributed by atoms with van der Waals surface area (Å²) in [7, 11) is 0. The summed E-state index contributed by atoms with van der Waals surface area (Å²) in [6, 6.07) is 8.06. The van der Waals surface area contributed by atoms with E-state index in [-0.39, 0.29) is 36.8 Å². The van der Waals surface area contributed by atoms with Crippen LogP contribution < -0.4 is 10.6 Å². The number of benzene rings is 1. The minimum atomic E-state index is -0.0865. The highest BCUT2D eigenvalue weighted by molar-refractivity contribution is 5.85. The number of fused-ring (bicyclic) bond motifs is 1. The molecule has 1 aromatic heterocycles. The maximum atomic E-state index is 12.5. The minimum Gasteiger partial charge on any atom is -0.346 e. The van der Waals surface area contributed by atoms with Gasteiger partial charge in [0.2, 0.25) is 5.91 Å². The average molecular weight is 415 g/mol. The Morgan fingerprint density at radius 3 is 2.74 bits per heavy atom. The van der Waals surface area contributed by atoms with E-state index in [4.69, 9.17) is 4.98 Å². The van der Waals surface area contributed by atoms with E-state index in [0.717, 1.165) is 36.5 Å². The Hall–Kier alpha value is -1.30. The zero-order chi connectivity index (χ0) is 17.8. The van der Waals surface area contributed by atoms with Crippen molar-refractivity contribution in [1.82, 2.24) is 20.2 Å². The largest absolute Gasteiger partial charge is 0.346 e. The van der Waals surface area contributed by atoms with E-state index in [2.05, 4.69) is 35.1 Å². The van der Waals surface area contributed by atoms with Crippen LogP contribution in [0.1, 0.15) is 51.9 Å². The summed E-state index contributed by atoms with van der Waals surface area (Å²) in [6.45, 7) is 9.33. The summed E-state index contributed by atoms with van der Waals surface area (Å²) in [4.78, 5) is 17.3. The Balaban J connectivity index is 0.00000182. The lowest BCUT2D eigenvalue weighted by atomic mass is 9.85. The smallest absolute Gasteiger partial charge is 0.220 e. The number of para-hydroxylation sites is 2. The van der Waals surface area contributed by atoms with Gasteiger partial charge in [0.05, 0.1) is 17.1 Å². The van der Waals surface area contributed by atoms with E-state index < -0.39 is 0 Å². The third-order valence-electron chi connectivity index (χ3n) is 5.41. The van der Waals surface area contributed by atoms with Gasteiger partial charge in [-0.2, -0.15) is 0 Å². The maximum absolute atomic E-state index is 12.5. The molecule has 2 N–H and O–H groups in total. The number of piperidine rings is 1. The highest BCUT2D eigenvalue weighted by Crippen LogP contribution is 2.24. The molecular formula is C20H32Cl2N4O. The van der Waals surface area contributed by atoms with Gasteiger partial charge in [0.15, 0.2) is 0 Å². The van der Waals surface area contributed by atoms with Crippen molar-refractivity contribution in [1.29, 1.82) is 0 Å². The van der Waals surface area contributed by atoms with Crippen molar-refractivity contribution >= 4 is 41.8 Å². The molecule has 1 saturated heterocycles. The van der Waals surface area contributed by atoms with Gasteiger partial charge in [0.25, 0.3) is 0 Å². The van der Waals surface area contributed by atoms with E-state index >= 15 is 0 Å². The number of imidazole rings is 1. The van der Waals surface area contributed by atoms with Crippen molar-refractivity contribution in [3.8, 4) is 0 Å². The topological polar surface area (TPSA) is 59.0 Å². The Labute approximate surface area is 174 Å². The Bertz CT molecular complexity index is 728. The molecule has 0 aliphatic carbocycles. The minimum absolute atomic E-state index is 0. The summed E-state index contributed by atoms with van der Waals surface area (Å²) in [5.41, 5.74) is 2.12. The van der Waals surface area contributed by atoms with Crippen molar-refractivity contribution in [3.63, 3.8) is 0 Å². The van der Waals surface area contributed by atoms with Crippen LogP contribution in [0.4, 0.5) is 0 Å². The second-order valence-electron chi connectivity index (χ2n) is 7.28. The average Bonchev–Trinajstić information content (AvgIpc) is 3.01. The summed E-state index contributed by atoms with van der Waals surface area (Å²) in [6.07, 6.45) is 3.03. The number of halogens is 2. The van der Waals surface area contributed by atoms with Gasteiger partial charge >= 0.3 is 0 Å². The molecular weight excluding hydrogens is 383 g/mol. The maximum Gasteiger partial charge on any atom is 0.220 e. The van der Waals surface area contributed by atoms with Gasteiger partial charge in [-0.3, -0.25) is 4.79 Å². The first kappa shape index (κ1) is 23.7. The highest BCUT2D eigenvalue weighted by atomic mass is 35.5. The Morgan fingerprint density at radius 1 is 1.33 bits per heavy atom. The number of carbonyl (C=O) groups is 1. The molecule has 3 rings (SSSR count). The first-order valence-corrected chi connectivity index (χ1v) is 9.55. The SMILES string of the molecule is CCn1c(C(C)NC(=O)CC(C)C2CCCNC2)nc2ccccc21.Cl.Cl. The molecule has 1 amide bonds. The zero-order valence-corrected chi connectivity index (χ0v) is 18.0. The fourth-order valence-electron chi connectivity index (χ4n) is 3.95. The monoisotopic (exact) mass is 414 g/mol. The molecule has 0 saturated carbocycles. The molecule has 5 nitrogen and oxygen atoms in total. The molecule has 2 aromatic rings. The van der Waals surface area contributed by atoms with Crippen LogP contribution in [0, 0.1) is 11.8 Å². The number of nitrogens with zero attached hydrogens (tertiary/aromatic N) is 2. The number of aromatic nitrogens is 2. The summed E-state index contributed by atoms with van der Waals surface area (Å²) in [5, 5.41) is 6.60. The molecule has 152 valence electrons. The molecule has 1 fully saturated rings. The van der Waals surface area contributed by atoms with Crippen LogP contribution in [0.25, 0.3) is 11.0 Å². The van der Waals surface area contributed by atoms with Gasteiger partial charge in [-0.05, 0) is 63.7 Å². The predicted octanol–water partition coefficient (Wildman–Crippen LogP) is 4.10. The fraction of sp³-hybridized carbons (Fsp3) is 0.600. The van der Waals surface area contributed by atoms with Crippen LogP contribution in [0.2, 0.25) is 0 Å².